The van der Waals surface area contributed by atoms with Crippen molar-refractivity contribution in [2.24, 2.45) is 5.73 Å². The number of methoxy groups -OCH3 is 1. The average molecular weight is 452 g/mol. The van der Waals surface area contributed by atoms with E-state index < -0.39 is 11.2 Å². The van der Waals surface area contributed by atoms with Crippen LogP contribution in [-0.4, -0.2) is 33.7 Å². The highest BCUT2D eigenvalue weighted by molar-refractivity contribution is 8.00. The molecular weight excluding hydrogens is 426 g/mol. The van der Waals surface area contributed by atoms with Gasteiger partial charge < -0.3 is 15.8 Å². The third-order valence-electron chi connectivity index (χ3n) is 5.18. The minimum Gasteiger partial charge on any atom is -0.495 e. The summed E-state index contributed by atoms with van der Waals surface area (Å²) in [6, 6.07) is 15.0. The van der Waals surface area contributed by atoms with Crippen LogP contribution in [0.1, 0.15) is 41.0 Å². The second kappa shape index (κ2) is 9.44. The van der Waals surface area contributed by atoms with Crippen LogP contribution in [0.2, 0.25) is 0 Å². The number of carbonyl (C=O) groups is 2. The SMILES string of the molecule is COc1ccc(C)cc1NC(=O)C(Sc1nnc(C2CC2)n1CC(N)=O)c1ccccc1. The molecule has 1 aliphatic carbocycles. The number of aryl methyl sites for hydroxylation is 1. The lowest BCUT2D eigenvalue weighted by molar-refractivity contribution is -0.118. The number of aromatic nitrogens is 3. The summed E-state index contributed by atoms with van der Waals surface area (Å²) in [6.45, 7) is 1.93. The van der Waals surface area contributed by atoms with Crippen molar-refractivity contribution in [2.75, 3.05) is 12.4 Å². The Labute approximate surface area is 190 Å². The first-order valence-corrected chi connectivity index (χ1v) is 11.2. The molecule has 0 spiro atoms. The van der Waals surface area contributed by atoms with Crippen molar-refractivity contribution in [2.45, 2.75) is 42.6 Å². The number of anilines is 1. The number of amides is 2. The number of hydrogen-bond donors (Lipinski definition) is 2. The van der Waals surface area contributed by atoms with Gasteiger partial charge in [-0.2, -0.15) is 0 Å². The predicted octanol–water partition coefficient (Wildman–Crippen LogP) is 3.43. The van der Waals surface area contributed by atoms with Crippen molar-refractivity contribution in [3.8, 4) is 5.75 Å². The van der Waals surface area contributed by atoms with Crippen LogP contribution in [0.3, 0.4) is 0 Å². The molecule has 0 radical (unpaired) electrons. The zero-order chi connectivity index (χ0) is 22.7. The lowest BCUT2D eigenvalue weighted by Crippen LogP contribution is -2.22. The molecule has 9 heteroatoms. The predicted molar refractivity (Wildman–Crippen MR) is 123 cm³/mol. The third-order valence-corrected chi connectivity index (χ3v) is 6.41. The minimum absolute atomic E-state index is 0.0179. The molecule has 4 rings (SSSR count). The maximum atomic E-state index is 13.4. The highest BCUT2D eigenvalue weighted by Gasteiger charge is 2.33. The summed E-state index contributed by atoms with van der Waals surface area (Å²) < 4.78 is 7.14. The largest absolute Gasteiger partial charge is 0.495 e. The first-order chi connectivity index (χ1) is 15.5. The standard InChI is InChI=1S/C23H25N5O3S/c1-14-8-11-18(31-2)17(12-14)25-22(30)20(15-6-4-3-5-7-15)32-23-27-26-21(16-9-10-16)28(23)13-19(24)29/h3-8,11-12,16,20H,9-10,13H2,1-2H3,(H2,24,29)(H,25,30). The monoisotopic (exact) mass is 451 g/mol. The molecule has 2 aromatic carbocycles. The number of benzene rings is 2. The zero-order valence-electron chi connectivity index (χ0n) is 17.9. The lowest BCUT2D eigenvalue weighted by atomic mass is 10.1. The number of ether oxygens (including phenoxy) is 1. The van der Waals surface area contributed by atoms with Gasteiger partial charge in [0.15, 0.2) is 5.16 Å². The minimum atomic E-state index is -0.621. The maximum Gasteiger partial charge on any atom is 0.242 e. The Morgan fingerprint density at radius 2 is 1.97 bits per heavy atom. The molecule has 3 aromatic rings. The Bertz CT molecular complexity index is 1130. The molecule has 0 aliphatic heterocycles. The van der Waals surface area contributed by atoms with Crippen molar-refractivity contribution in [3.05, 3.63) is 65.5 Å². The van der Waals surface area contributed by atoms with E-state index in [9.17, 15) is 9.59 Å². The molecule has 0 bridgehead atoms. The van der Waals surface area contributed by atoms with E-state index in [1.165, 1.54) is 11.8 Å². The third kappa shape index (κ3) is 4.94. The molecule has 1 unspecified atom stereocenters. The summed E-state index contributed by atoms with van der Waals surface area (Å²) in [5, 5.41) is 11.4. The maximum absolute atomic E-state index is 13.4. The second-order valence-corrected chi connectivity index (χ2v) is 8.84. The summed E-state index contributed by atoms with van der Waals surface area (Å²) in [5.74, 6) is 0.912. The molecule has 1 aromatic heterocycles. The average Bonchev–Trinajstić information content (AvgIpc) is 3.54. The summed E-state index contributed by atoms with van der Waals surface area (Å²) in [4.78, 5) is 25.1. The molecule has 0 saturated heterocycles. The fourth-order valence-corrected chi connectivity index (χ4v) is 4.50. The molecule has 2 amide bonds. The number of carbonyl (C=O) groups excluding carboxylic acids is 2. The summed E-state index contributed by atoms with van der Waals surface area (Å²) in [6.07, 6.45) is 2.02. The van der Waals surface area contributed by atoms with Crippen molar-refractivity contribution in [1.29, 1.82) is 0 Å². The number of rotatable bonds is 9. The van der Waals surface area contributed by atoms with E-state index in [1.807, 2.05) is 55.5 Å². The molecule has 8 nitrogen and oxygen atoms in total. The van der Waals surface area contributed by atoms with Gasteiger partial charge in [-0.15, -0.1) is 10.2 Å². The second-order valence-electron chi connectivity index (χ2n) is 7.77. The number of hydrogen-bond acceptors (Lipinski definition) is 6. The Hall–Kier alpha value is -3.33. The zero-order valence-corrected chi connectivity index (χ0v) is 18.8. The molecule has 1 atom stereocenters. The van der Waals surface area contributed by atoms with Crippen molar-refractivity contribution >= 4 is 29.3 Å². The van der Waals surface area contributed by atoms with Gasteiger partial charge in [-0.3, -0.25) is 14.2 Å². The van der Waals surface area contributed by atoms with Crippen LogP contribution in [0.5, 0.6) is 5.75 Å². The smallest absolute Gasteiger partial charge is 0.242 e. The van der Waals surface area contributed by atoms with E-state index in [4.69, 9.17) is 10.5 Å². The molecule has 1 fully saturated rings. The van der Waals surface area contributed by atoms with Crippen molar-refractivity contribution in [3.63, 3.8) is 0 Å². The van der Waals surface area contributed by atoms with E-state index in [-0.39, 0.29) is 18.4 Å². The van der Waals surface area contributed by atoms with Gasteiger partial charge >= 0.3 is 0 Å². The Kier molecular flexibility index (Phi) is 6.45. The Morgan fingerprint density at radius 3 is 2.62 bits per heavy atom. The fraction of sp³-hybridized carbons (Fsp3) is 0.304. The molecule has 1 saturated carbocycles. The molecule has 1 aliphatic rings. The topological polar surface area (TPSA) is 112 Å². The van der Waals surface area contributed by atoms with E-state index in [2.05, 4.69) is 15.5 Å². The van der Waals surface area contributed by atoms with Gasteiger partial charge in [0, 0.05) is 5.92 Å². The number of nitrogens with one attached hydrogen (secondary N) is 1. The van der Waals surface area contributed by atoms with Crippen LogP contribution in [-0.2, 0) is 16.1 Å². The molecule has 166 valence electrons. The van der Waals surface area contributed by atoms with Gasteiger partial charge in [-0.25, -0.2) is 0 Å². The summed E-state index contributed by atoms with van der Waals surface area (Å²) in [5.41, 5.74) is 7.88. The van der Waals surface area contributed by atoms with Crippen molar-refractivity contribution in [1.82, 2.24) is 14.8 Å². The molecule has 1 heterocycles. The van der Waals surface area contributed by atoms with Crippen LogP contribution in [0.25, 0.3) is 0 Å². The van der Waals surface area contributed by atoms with Gasteiger partial charge in [0.05, 0.1) is 12.8 Å². The Balaban J connectivity index is 1.66. The number of primary amides is 1. The van der Waals surface area contributed by atoms with Gasteiger partial charge in [0.1, 0.15) is 23.4 Å². The number of nitrogens with two attached hydrogens (primary N) is 1. The molecule has 32 heavy (non-hydrogen) atoms. The fourth-order valence-electron chi connectivity index (χ4n) is 3.46. The van der Waals surface area contributed by atoms with E-state index in [0.717, 1.165) is 29.8 Å². The van der Waals surface area contributed by atoms with E-state index >= 15 is 0 Å². The van der Waals surface area contributed by atoms with Crippen LogP contribution in [0.15, 0.2) is 53.7 Å². The van der Waals surface area contributed by atoms with E-state index in [0.29, 0.717) is 16.6 Å². The van der Waals surface area contributed by atoms with Gasteiger partial charge in [0.2, 0.25) is 11.8 Å². The van der Waals surface area contributed by atoms with Gasteiger partial charge in [0.25, 0.3) is 0 Å². The lowest BCUT2D eigenvalue weighted by Gasteiger charge is -2.18. The number of nitrogens with zero attached hydrogens (tertiary/aromatic N) is 3. The highest BCUT2D eigenvalue weighted by Crippen LogP contribution is 2.42. The molecular formula is C23H25N5O3S. The summed E-state index contributed by atoms with van der Waals surface area (Å²) in [7, 11) is 1.56. The van der Waals surface area contributed by atoms with Crippen LogP contribution < -0.4 is 15.8 Å². The normalized spacial score (nSPS) is 14.1. The first kappa shape index (κ1) is 21.9. The Morgan fingerprint density at radius 1 is 1.22 bits per heavy atom. The van der Waals surface area contributed by atoms with Gasteiger partial charge in [-0.05, 0) is 43.0 Å². The van der Waals surface area contributed by atoms with Crippen LogP contribution in [0, 0.1) is 6.92 Å². The first-order valence-electron chi connectivity index (χ1n) is 10.3. The number of thioether (sulfide) groups is 1. The van der Waals surface area contributed by atoms with Crippen LogP contribution in [0.4, 0.5) is 5.69 Å². The summed E-state index contributed by atoms with van der Waals surface area (Å²) >= 11 is 1.25. The highest BCUT2D eigenvalue weighted by atomic mass is 32.2. The van der Waals surface area contributed by atoms with Crippen molar-refractivity contribution < 1.29 is 14.3 Å². The van der Waals surface area contributed by atoms with Crippen LogP contribution >= 0.6 is 11.8 Å². The quantitative estimate of drug-likeness (QED) is 0.482. The molecule has 3 N–H and O–H groups in total. The van der Waals surface area contributed by atoms with Gasteiger partial charge in [-0.1, -0.05) is 48.2 Å². The van der Waals surface area contributed by atoms with E-state index in [1.54, 1.807) is 11.7 Å².